The van der Waals surface area contributed by atoms with E-state index in [-0.39, 0.29) is 36.1 Å². The van der Waals surface area contributed by atoms with Crippen LogP contribution in [0, 0.1) is 5.82 Å². The number of methoxy groups -OCH3 is 1. The standard InChI is InChI=1S/C31H34ClFN4O5S/c1-18-14-36(23-4-3-5-25-29(23)42-26(17-41-25)21-7-6-19(32)12-22(21)33)10-9-35(18)16-28-34-30-24(13-27(43-30)31(38)39-2)37(28)15-20-8-11-40-20/h3-7,12-13,18,20,24,26,30H,8-11,14-17H2,1-2H3/t18-,20-,24?,26-,30?/m0/s1. The smallest absolute Gasteiger partial charge is 0.344 e. The average Bonchev–Trinajstić information content (AvgIpc) is 3.53. The van der Waals surface area contributed by atoms with Crippen LogP contribution in [0.1, 0.15) is 25.0 Å². The molecule has 9 nitrogen and oxygen atoms in total. The maximum Gasteiger partial charge on any atom is 0.344 e. The predicted molar refractivity (Wildman–Crippen MR) is 164 cm³/mol. The third-order valence-electron chi connectivity index (χ3n) is 8.78. The first-order chi connectivity index (χ1) is 20.9. The third-order valence-corrected chi connectivity index (χ3v) is 10.2. The van der Waals surface area contributed by atoms with Gasteiger partial charge >= 0.3 is 5.97 Å². The zero-order valence-corrected chi connectivity index (χ0v) is 25.7. The Hall–Kier alpha value is -2.99. The van der Waals surface area contributed by atoms with Crippen LogP contribution in [0.3, 0.4) is 0 Å². The van der Waals surface area contributed by atoms with Gasteiger partial charge in [-0.25, -0.2) is 9.18 Å². The fraction of sp³-hybridized carbons (Fsp3) is 0.484. The van der Waals surface area contributed by atoms with E-state index >= 15 is 0 Å². The largest absolute Gasteiger partial charge is 0.485 e. The molecule has 0 radical (unpaired) electrons. The van der Waals surface area contributed by atoms with E-state index in [1.165, 1.54) is 24.9 Å². The quantitative estimate of drug-likeness (QED) is 0.412. The molecule has 5 heterocycles. The number of anilines is 1. The SMILES string of the molecule is COC(=O)C1=CC2C(N=C(CN3CCN(c4cccc5c4O[C@H](c4ccc(Cl)cc4F)CO5)C[C@@H]3C)N2C[C@@H]2CCO2)S1. The summed E-state index contributed by atoms with van der Waals surface area (Å²) in [6.45, 7) is 7.14. The van der Waals surface area contributed by atoms with Gasteiger partial charge in [-0.3, -0.25) is 9.89 Å². The topological polar surface area (TPSA) is 76.1 Å². The molecule has 5 aliphatic rings. The summed E-state index contributed by atoms with van der Waals surface area (Å²) in [4.78, 5) is 25.0. The molecule has 0 bridgehead atoms. The number of hydrogen-bond acceptors (Lipinski definition) is 10. The van der Waals surface area contributed by atoms with Crippen LogP contribution in [0.15, 0.2) is 52.4 Å². The molecule has 0 aromatic heterocycles. The van der Waals surface area contributed by atoms with Gasteiger partial charge < -0.3 is 28.7 Å². The minimum Gasteiger partial charge on any atom is -0.485 e. The fourth-order valence-corrected chi connectivity index (χ4v) is 7.67. The Labute approximate surface area is 259 Å². The molecule has 12 heteroatoms. The van der Waals surface area contributed by atoms with Crippen molar-refractivity contribution in [3.63, 3.8) is 0 Å². The molecule has 0 amide bonds. The number of aliphatic imine (C=N–C) groups is 1. The summed E-state index contributed by atoms with van der Waals surface area (Å²) >= 11 is 7.45. The summed E-state index contributed by atoms with van der Waals surface area (Å²) < 4.78 is 37.9. The normalized spacial score (nSPS) is 28.2. The number of piperazine rings is 1. The number of esters is 1. The number of fused-ring (bicyclic) bond motifs is 2. The Bertz CT molecular complexity index is 1470. The highest BCUT2D eigenvalue weighted by atomic mass is 35.5. The summed E-state index contributed by atoms with van der Waals surface area (Å²) in [6, 6.07) is 10.8. The Morgan fingerprint density at radius 1 is 1.26 bits per heavy atom. The van der Waals surface area contributed by atoms with Gasteiger partial charge in [0.05, 0.1) is 36.4 Å². The predicted octanol–water partition coefficient (Wildman–Crippen LogP) is 4.50. The summed E-state index contributed by atoms with van der Waals surface area (Å²) in [5.74, 6) is 1.63. The number of para-hydroxylation sites is 1. The van der Waals surface area contributed by atoms with E-state index in [0.717, 1.165) is 57.3 Å². The maximum absolute atomic E-state index is 14.7. The second-order valence-electron chi connectivity index (χ2n) is 11.5. The lowest BCUT2D eigenvalue weighted by atomic mass is 10.1. The second kappa shape index (κ2) is 11.8. The molecule has 2 saturated heterocycles. The number of halogens is 2. The Kier molecular flexibility index (Phi) is 7.92. The van der Waals surface area contributed by atoms with Crippen LogP contribution in [0.5, 0.6) is 11.5 Å². The number of nitrogens with zero attached hydrogens (tertiary/aromatic N) is 4. The monoisotopic (exact) mass is 628 g/mol. The van der Waals surface area contributed by atoms with Gasteiger partial charge in [0.1, 0.15) is 23.6 Å². The Morgan fingerprint density at radius 3 is 2.86 bits per heavy atom. The van der Waals surface area contributed by atoms with Crippen LogP contribution in [-0.4, -0.2) is 98.2 Å². The Balaban J connectivity index is 1.04. The van der Waals surface area contributed by atoms with E-state index < -0.39 is 11.9 Å². The molecule has 5 aliphatic heterocycles. The Morgan fingerprint density at radius 2 is 2.12 bits per heavy atom. The van der Waals surface area contributed by atoms with Crippen LogP contribution >= 0.6 is 23.4 Å². The van der Waals surface area contributed by atoms with E-state index in [2.05, 4.69) is 21.6 Å². The van der Waals surface area contributed by atoms with Crippen molar-refractivity contribution in [2.75, 3.05) is 57.9 Å². The van der Waals surface area contributed by atoms with Gasteiger partial charge in [-0.05, 0) is 43.7 Å². The molecule has 2 fully saturated rings. The van der Waals surface area contributed by atoms with Gasteiger partial charge in [-0.2, -0.15) is 0 Å². The van der Waals surface area contributed by atoms with Crippen LogP contribution in [0.4, 0.5) is 10.1 Å². The molecule has 0 spiro atoms. The van der Waals surface area contributed by atoms with Gasteiger partial charge in [0.15, 0.2) is 17.6 Å². The summed E-state index contributed by atoms with van der Waals surface area (Å²) in [7, 11) is 1.41. The molecular weight excluding hydrogens is 595 g/mol. The van der Waals surface area contributed by atoms with Crippen LogP contribution in [-0.2, 0) is 14.3 Å². The third kappa shape index (κ3) is 5.56. The molecule has 2 aromatic rings. The fourth-order valence-electron chi connectivity index (χ4n) is 6.31. The highest BCUT2D eigenvalue weighted by molar-refractivity contribution is 8.04. The number of carbonyl (C=O) groups excluding carboxylic acids is 1. The van der Waals surface area contributed by atoms with Crippen molar-refractivity contribution in [1.82, 2.24) is 9.80 Å². The first-order valence-corrected chi connectivity index (χ1v) is 15.9. The van der Waals surface area contributed by atoms with E-state index in [9.17, 15) is 9.18 Å². The number of benzene rings is 2. The molecule has 0 N–H and O–H groups in total. The van der Waals surface area contributed by atoms with Crippen LogP contribution in [0.2, 0.25) is 5.02 Å². The van der Waals surface area contributed by atoms with Gasteiger partial charge in [0, 0.05) is 49.4 Å². The number of amidine groups is 1. The molecule has 7 rings (SSSR count). The first-order valence-electron chi connectivity index (χ1n) is 14.7. The summed E-state index contributed by atoms with van der Waals surface area (Å²) in [6.07, 6.45) is 2.66. The second-order valence-corrected chi connectivity index (χ2v) is 13.0. The van der Waals surface area contributed by atoms with Crippen molar-refractivity contribution < 1.29 is 28.1 Å². The summed E-state index contributed by atoms with van der Waals surface area (Å²) in [5.41, 5.74) is 1.37. The van der Waals surface area contributed by atoms with Gasteiger partial charge in [0.2, 0.25) is 0 Å². The first kappa shape index (κ1) is 28.8. The van der Waals surface area contributed by atoms with E-state index in [1.807, 2.05) is 24.3 Å². The highest BCUT2D eigenvalue weighted by Gasteiger charge is 2.44. The maximum atomic E-state index is 14.7. The summed E-state index contributed by atoms with van der Waals surface area (Å²) in [5, 5.41) is 0.297. The van der Waals surface area contributed by atoms with E-state index in [0.29, 0.717) is 27.0 Å². The lowest BCUT2D eigenvalue weighted by Crippen LogP contribution is -2.55. The number of hydrogen-bond donors (Lipinski definition) is 0. The lowest BCUT2D eigenvalue weighted by Gasteiger charge is -2.43. The number of thioether (sulfide) groups is 1. The van der Waals surface area contributed by atoms with Crippen molar-refractivity contribution in [3.8, 4) is 11.5 Å². The number of rotatable bonds is 7. The molecule has 43 heavy (non-hydrogen) atoms. The van der Waals surface area contributed by atoms with Gasteiger partial charge in [-0.1, -0.05) is 35.5 Å². The van der Waals surface area contributed by atoms with E-state index in [4.69, 9.17) is 35.5 Å². The van der Waals surface area contributed by atoms with Gasteiger partial charge in [-0.15, -0.1) is 0 Å². The zero-order valence-electron chi connectivity index (χ0n) is 24.1. The molecule has 2 unspecified atom stereocenters. The highest BCUT2D eigenvalue weighted by Crippen LogP contribution is 2.45. The van der Waals surface area contributed by atoms with Crippen LogP contribution in [0.25, 0.3) is 0 Å². The van der Waals surface area contributed by atoms with Crippen molar-refractivity contribution in [2.24, 2.45) is 4.99 Å². The minimum absolute atomic E-state index is 0.0290. The lowest BCUT2D eigenvalue weighted by molar-refractivity contribution is -0.135. The molecule has 0 saturated carbocycles. The van der Waals surface area contributed by atoms with Crippen molar-refractivity contribution in [1.29, 1.82) is 0 Å². The zero-order chi connectivity index (χ0) is 29.7. The molecule has 2 aromatic carbocycles. The van der Waals surface area contributed by atoms with Crippen LogP contribution < -0.4 is 14.4 Å². The van der Waals surface area contributed by atoms with Crippen molar-refractivity contribution >= 4 is 40.9 Å². The molecule has 5 atom stereocenters. The molecular formula is C31H34ClFN4O5S. The van der Waals surface area contributed by atoms with Crippen molar-refractivity contribution in [2.45, 2.75) is 43.0 Å². The molecule has 0 aliphatic carbocycles. The average molecular weight is 629 g/mol. The number of ether oxygens (including phenoxy) is 4. The van der Waals surface area contributed by atoms with Gasteiger partial charge in [0.25, 0.3) is 0 Å². The minimum atomic E-state index is -0.568. The number of carbonyl (C=O) groups is 1. The van der Waals surface area contributed by atoms with E-state index in [1.54, 1.807) is 12.1 Å². The van der Waals surface area contributed by atoms with Crippen molar-refractivity contribution in [3.05, 3.63) is 63.8 Å². The molecule has 228 valence electrons.